The summed E-state index contributed by atoms with van der Waals surface area (Å²) >= 11 is 0. The molecule has 0 saturated heterocycles. The lowest BCUT2D eigenvalue weighted by Gasteiger charge is -2.27. The molecule has 0 aromatic rings. The molecule has 288 valence electrons. The molecule has 0 aliphatic heterocycles. The average molecular weight is 739 g/mol. The second-order valence-corrected chi connectivity index (χ2v) is 13.0. The van der Waals surface area contributed by atoms with Crippen molar-refractivity contribution in [2.75, 3.05) is 26.2 Å². The summed E-state index contributed by atoms with van der Waals surface area (Å²) < 4.78 is 16.0. The number of aliphatic carboxylic acids is 1. The Morgan fingerprint density at radius 3 is 1.64 bits per heavy atom. The largest absolute Gasteiger partial charge is 0.480 e. The molecule has 0 aromatic heterocycles. The Morgan fingerprint density at radius 1 is 0.700 bits per heavy atom. The van der Waals surface area contributed by atoms with Crippen molar-refractivity contribution in [2.45, 2.75) is 95.4 Å². The van der Waals surface area contributed by atoms with Gasteiger partial charge in [0, 0.05) is 13.1 Å². The molecule has 0 saturated carbocycles. The first kappa shape index (κ1) is 45.9. The lowest BCUT2D eigenvalue weighted by molar-refractivity contribution is -0.142. The number of rotatable bonds is 26. The summed E-state index contributed by atoms with van der Waals surface area (Å²) in [6.07, 6.45) is 1.72. The molecule has 0 aliphatic carbocycles. The van der Waals surface area contributed by atoms with Crippen molar-refractivity contribution in [3.05, 3.63) is 0 Å². The fourth-order valence-corrected chi connectivity index (χ4v) is 4.67. The summed E-state index contributed by atoms with van der Waals surface area (Å²) in [7, 11) is -5.17. The zero-order valence-corrected chi connectivity index (χ0v) is 29.3. The van der Waals surface area contributed by atoms with Crippen molar-refractivity contribution in [3.63, 3.8) is 0 Å². The maximum absolute atomic E-state index is 13.5. The van der Waals surface area contributed by atoms with Crippen LogP contribution < -0.4 is 55.7 Å². The summed E-state index contributed by atoms with van der Waals surface area (Å²) in [6.45, 7) is 2.97. The van der Waals surface area contributed by atoms with Gasteiger partial charge in [0.25, 0.3) is 0 Å². The Labute approximate surface area is 290 Å². The predicted molar refractivity (Wildman–Crippen MR) is 184 cm³/mol. The fraction of sp³-hybridized carbons (Fsp3) is 0.741. The number of carbonyl (C=O) groups is 5. The van der Waals surface area contributed by atoms with Crippen LogP contribution in [0.5, 0.6) is 0 Å². The quantitative estimate of drug-likeness (QED) is 0.0173. The highest BCUT2D eigenvalue weighted by atomic mass is 31.2. The number of carbonyl (C=O) groups excluding carboxylic acids is 4. The van der Waals surface area contributed by atoms with E-state index in [2.05, 4.69) is 35.8 Å². The molecule has 0 rings (SSSR count). The molecule has 0 unspecified atom stereocenters. The van der Waals surface area contributed by atoms with E-state index in [0.29, 0.717) is 19.4 Å². The third-order valence-electron chi connectivity index (χ3n) is 6.83. The summed E-state index contributed by atoms with van der Waals surface area (Å²) in [4.78, 5) is 91.0. The normalized spacial score (nSPS) is 14.3. The van der Waals surface area contributed by atoms with E-state index in [4.69, 9.17) is 34.4 Å². The molecule has 0 radical (unpaired) electrons. The smallest absolute Gasteiger partial charge is 0.469 e. The van der Waals surface area contributed by atoms with Crippen LogP contribution in [0.2, 0.25) is 0 Å². The number of unbranched alkanes of at least 4 members (excludes halogenated alkanes) is 1. The number of nitrogens with zero attached hydrogens (tertiary/aromatic N) is 2. The first-order valence-electron chi connectivity index (χ1n) is 16.0. The van der Waals surface area contributed by atoms with Crippen molar-refractivity contribution in [3.8, 4) is 0 Å². The van der Waals surface area contributed by atoms with E-state index in [-0.39, 0.29) is 69.5 Å². The predicted octanol–water partition coefficient (Wildman–Crippen LogP) is -4.27. The number of amides is 4. The van der Waals surface area contributed by atoms with E-state index in [0.717, 1.165) is 0 Å². The highest BCUT2D eigenvalue weighted by molar-refractivity contribution is 7.46. The number of aliphatic imine (C=N–C) groups is 2. The first-order chi connectivity index (χ1) is 23.3. The highest BCUT2D eigenvalue weighted by Gasteiger charge is 2.33. The fourth-order valence-electron chi connectivity index (χ4n) is 4.33. The molecular weight excluding hydrogens is 683 g/mol. The van der Waals surface area contributed by atoms with Crippen LogP contribution in [-0.2, 0) is 33.1 Å². The molecule has 50 heavy (non-hydrogen) atoms. The van der Waals surface area contributed by atoms with Crippen LogP contribution in [-0.4, -0.2) is 113 Å². The van der Waals surface area contributed by atoms with Crippen LogP contribution in [0, 0.1) is 5.92 Å². The van der Waals surface area contributed by atoms with Crippen LogP contribution in [0.25, 0.3) is 0 Å². The first-order valence-corrected chi connectivity index (χ1v) is 17.5. The Balaban J connectivity index is 6.12. The molecule has 23 heteroatoms. The molecule has 0 aliphatic rings. The van der Waals surface area contributed by atoms with E-state index < -0.39 is 74.2 Å². The van der Waals surface area contributed by atoms with E-state index in [9.17, 15) is 43.4 Å². The average Bonchev–Trinajstić information content (AvgIpc) is 3.00. The molecule has 19 N–H and O–H groups in total. The molecule has 0 aromatic carbocycles. The minimum Gasteiger partial charge on any atom is -0.480 e. The van der Waals surface area contributed by atoms with Gasteiger partial charge in [-0.15, -0.1) is 0 Å². The van der Waals surface area contributed by atoms with Crippen LogP contribution in [0.1, 0.15) is 65.2 Å². The Hall–Kier alpha value is -4.08. The van der Waals surface area contributed by atoms with Crippen molar-refractivity contribution in [2.24, 2.45) is 50.3 Å². The molecule has 0 spiro atoms. The molecule has 0 fully saturated rings. The number of hydrogen-bond donors (Lipinski definition) is 13. The SMILES string of the molecule is CC(C)C[C@H](NC(=O)[C@H](COP(=O)(O)O)NC(=O)[C@H](CCCN=C(N)N)NC(=O)[C@@H](N)CCCCN)C(=O)N[C@@H](CCCN=C(N)N)C(=O)O. The minimum absolute atomic E-state index is 0.00342. The topological polar surface area (TPSA) is 401 Å². The van der Waals surface area contributed by atoms with Gasteiger partial charge in [-0.25, -0.2) is 9.36 Å². The number of carboxylic acid groups (broad SMARTS) is 1. The van der Waals surface area contributed by atoms with Gasteiger partial charge in [0.05, 0.1) is 12.6 Å². The third kappa shape index (κ3) is 21.8. The molecule has 0 bridgehead atoms. The van der Waals surface area contributed by atoms with Gasteiger partial charge in [-0.1, -0.05) is 20.3 Å². The summed E-state index contributed by atoms with van der Waals surface area (Å²) in [5.74, 6) is -5.58. The van der Waals surface area contributed by atoms with Crippen LogP contribution in [0.4, 0.5) is 0 Å². The lowest BCUT2D eigenvalue weighted by atomic mass is 10.0. The van der Waals surface area contributed by atoms with Crippen molar-refractivity contribution < 1.29 is 48.0 Å². The highest BCUT2D eigenvalue weighted by Crippen LogP contribution is 2.35. The summed E-state index contributed by atoms with van der Waals surface area (Å²) in [5, 5.41) is 19.2. The van der Waals surface area contributed by atoms with Gasteiger partial charge >= 0.3 is 13.8 Å². The standard InChI is InChI=1S/C27H55N12O10P/c1-15(2)13-19(23(42)37-18(25(44)45)9-6-12-35-27(32)33)38-24(43)20(14-49-50(46,47)48)39-22(41)17(8-5-11-34-26(30)31)36-21(40)16(29)7-3-4-10-28/h15-20H,3-14,28-29H2,1-2H3,(H,36,40)(H,37,42)(H,38,43)(H,39,41)(H,44,45)(H4,30,31,34)(H4,32,33,35)(H2,46,47,48)/t16-,17-,18-,19-,20-/m0/s1. The van der Waals surface area contributed by atoms with Gasteiger partial charge in [-0.05, 0) is 57.4 Å². The summed E-state index contributed by atoms with van der Waals surface area (Å²) in [5.41, 5.74) is 32.7. The second kappa shape index (κ2) is 24.1. The van der Waals surface area contributed by atoms with Crippen molar-refractivity contribution in [1.82, 2.24) is 21.3 Å². The van der Waals surface area contributed by atoms with Gasteiger partial charge < -0.3 is 70.6 Å². The number of phosphoric ester groups is 1. The van der Waals surface area contributed by atoms with Crippen molar-refractivity contribution in [1.29, 1.82) is 0 Å². The van der Waals surface area contributed by atoms with Gasteiger partial charge in [-0.2, -0.15) is 0 Å². The molecular formula is C27H55N12O10P. The third-order valence-corrected chi connectivity index (χ3v) is 7.31. The number of nitrogens with one attached hydrogen (secondary N) is 4. The summed E-state index contributed by atoms with van der Waals surface area (Å²) in [6, 6.07) is -6.83. The number of hydrogen-bond acceptors (Lipinski definition) is 11. The lowest BCUT2D eigenvalue weighted by Crippen LogP contribution is -2.59. The van der Waals surface area contributed by atoms with Crippen molar-refractivity contribution >= 4 is 49.3 Å². The molecule has 4 amide bonds. The maximum atomic E-state index is 13.5. The number of guanidine groups is 2. The van der Waals surface area contributed by atoms with Crippen LogP contribution in [0.3, 0.4) is 0 Å². The Morgan fingerprint density at radius 2 is 1.16 bits per heavy atom. The Kier molecular flexibility index (Phi) is 22.2. The van der Waals surface area contributed by atoms with E-state index >= 15 is 0 Å². The van der Waals surface area contributed by atoms with E-state index in [1.54, 1.807) is 13.8 Å². The molecule has 22 nitrogen and oxygen atoms in total. The van der Waals surface area contributed by atoms with Gasteiger partial charge in [-0.3, -0.25) is 33.7 Å². The number of carboxylic acids is 1. The zero-order valence-electron chi connectivity index (χ0n) is 28.5. The van der Waals surface area contributed by atoms with Gasteiger partial charge in [0.2, 0.25) is 23.6 Å². The number of nitrogens with two attached hydrogens (primary N) is 6. The van der Waals surface area contributed by atoms with E-state index in [1.165, 1.54) is 0 Å². The molecule has 0 heterocycles. The monoisotopic (exact) mass is 738 g/mol. The van der Waals surface area contributed by atoms with Crippen LogP contribution >= 0.6 is 7.82 Å². The number of phosphoric acid groups is 1. The van der Waals surface area contributed by atoms with E-state index in [1.807, 2.05) is 0 Å². The minimum atomic E-state index is -5.17. The zero-order chi connectivity index (χ0) is 38.4. The molecule has 5 atom stereocenters. The van der Waals surface area contributed by atoms with Crippen LogP contribution in [0.15, 0.2) is 9.98 Å². The Bertz CT molecular complexity index is 1210. The van der Waals surface area contributed by atoms with Gasteiger partial charge in [0.1, 0.15) is 24.2 Å². The second-order valence-electron chi connectivity index (χ2n) is 11.8. The van der Waals surface area contributed by atoms with Gasteiger partial charge in [0.15, 0.2) is 11.9 Å². The maximum Gasteiger partial charge on any atom is 0.469 e.